The SMILES string of the molecule is CCc1ccsc1C(O)c1cc2ccccc2o1. The lowest BCUT2D eigenvalue weighted by Crippen LogP contribution is -1.98. The van der Waals surface area contributed by atoms with Crippen LogP contribution in [0.1, 0.15) is 29.2 Å². The van der Waals surface area contributed by atoms with Crippen LogP contribution in [0.4, 0.5) is 0 Å². The molecule has 1 N–H and O–H groups in total. The van der Waals surface area contributed by atoms with Gasteiger partial charge in [0.05, 0.1) is 0 Å². The minimum atomic E-state index is -0.660. The third-order valence-electron chi connectivity index (χ3n) is 3.12. The standard InChI is InChI=1S/C15H14O2S/c1-2-10-7-8-18-15(10)14(16)13-9-11-5-3-4-6-12(11)17-13/h3-9,14,16H,2H2,1H3. The molecule has 1 atom stereocenters. The molecule has 2 aromatic heterocycles. The summed E-state index contributed by atoms with van der Waals surface area (Å²) in [6.45, 7) is 2.09. The lowest BCUT2D eigenvalue weighted by Gasteiger charge is -2.07. The molecule has 0 fully saturated rings. The molecule has 0 aliphatic carbocycles. The van der Waals surface area contributed by atoms with E-state index in [-0.39, 0.29) is 0 Å². The molecule has 2 nitrogen and oxygen atoms in total. The Morgan fingerprint density at radius 3 is 2.89 bits per heavy atom. The lowest BCUT2D eigenvalue weighted by molar-refractivity contribution is 0.195. The van der Waals surface area contributed by atoms with E-state index in [1.807, 2.05) is 35.7 Å². The average Bonchev–Trinajstić information content (AvgIpc) is 3.03. The molecule has 0 bridgehead atoms. The van der Waals surface area contributed by atoms with Gasteiger partial charge in [-0.2, -0.15) is 0 Å². The van der Waals surface area contributed by atoms with Crippen molar-refractivity contribution in [2.24, 2.45) is 0 Å². The normalized spacial score (nSPS) is 13.0. The van der Waals surface area contributed by atoms with Crippen LogP contribution in [0.15, 0.2) is 46.2 Å². The Balaban J connectivity index is 2.03. The molecule has 3 rings (SSSR count). The molecular formula is C15H14O2S. The Morgan fingerprint density at radius 2 is 2.11 bits per heavy atom. The quantitative estimate of drug-likeness (QED) is 0.766. The molecule has 1 aromatic carbocycles. The molecule has 0 amide bonds. The van der Waals surface area contributed by atoms with Gasteiger partial charge in [-0.25, -0.2) is 0 Å². The van der Waals surface area contributed by atoms with Crippen LogP contribution >= 0.6 is 11.3 Å². The highest BCUT2D eigenvalue weighted by molar-refractivity contribution is 7.10. The van der Waals surface area contributed by atoms with E-state index in [0.717, 1.165) is 22.3 Å². The maximum atomic E-state index is 10.4. The molecule has 3 heteroatoms. The van der Waals surface area contributed by atoms with Crippen molar-refractivity contribution in [3.8, 4) is 0 Å². The molecule has 0 aliphatic rings. The van der Waals surface area contributed by atoms with Crippen molar-refractivity contribution < 1.29 is 9.52 Å². The molecule has 0 radical (unpaired) electrons. The Labute approximate surface area is 109 Å². The first-order chi connectivity index (χ1) is 8.79. The number of rotatable bonds is 3. The van der Waals surface area contributed by atoms with Crippen LogP contribution in [0.5, 0.6) is 0 Å². The van der Waals surface area contributed by atoms with Gasteiger partial charge >= 0.3 is 0 Å². The Morgan fingerprint density at radius 1 is 1.28 bits per heavy atom. The first kappa shape index (κ1) is 11.5. The number of fused-ring (bicyclic) bond motifs is 1. The monoisotopic (exact) mass is 258 g/mol. The van der Waals surface area contributed by atoms with Gasteiger partial charge in [0.2, 0.25) is 0 Å². The first-order valence-corrected chi connectivity index (χ1v) is 6.90. The topological polar surface area (TPSA) is 33.4 Å². The zero-order valence-electron chi connectivity index (χ0n) is 10.1. The fourth-order valence-corrected chi connectivity index (χ4v) is 3.13. The number of benzene rings is 1. The minimum absolute atomic E-state index is 0.619. The molecule has 18 heavy (non-hydrogen) atoms. The highest BCUT2D eigenvalue weighted by atomic mass is 32.1. The largest absolute Gasteiger partial charge is 0.458 e. The number of aliphatic hydroxyl groups excluding tert-OH is 1. The van der Waals surface area contributed by atoms with Crippen LogP contribution in [0.3, 0.4) is 0 Å². The highest BCUT2D eigenvalue weighted by Crippen LogP contribution is 2.33. The summed E-state index contributed by atoms with van der Waals surface area (Å²) in [5.74, 6) is 0.619. The summed E-state index contributed by atoms with van der Waals surface area (Å²) in [6.07, 6.45) is 0.267. The third-order valence-corrected chi connectivity index (χ3v) is 4.14. The van der Waals surface area contributed by atoms with Gasteiger partial charge < -0.3 is 9.52 Å². The zero-order chi connectivity index (χ0) is 12.5. The lowest BCUT2D eigenvalue weighted by atomic mass is 10.1. The number of aryl methyl sites for hydroxylation is 1. The van der Waals surface area contributed by atoms with E-state index in [4.69, 9.17) is 4.42 Å². The van der Waals surface area contributed by atoms with Gasteiger partial charge in [-0.05, 0) is 35.6 Å². The number of thiophene rings is 1. The minimum Gasteiger partial charge on any atom is -0.458 e. The molecule has 3 aromatic rings. The second-order valence-corrected chi connectivity index (χ2v) is 5.20. The summed E-state index contributed by atoms with van der Waals surface area (Å²) in [6, 6.07) is 11.8. The second kappa shape index (κ2) is 4.59. The number of aliphatic hydroxyl groups is 1. The van der Waals surface area contributed by atoms with Gasteiger partial charge in [0, 0.05) is 10.3 Å². The van der Waals surface area contributed by atoms with Crippen molar-refractivity contribution in [1.29, 1.82) is 0 Å². The predicted octanol–water partition coefficient (Wildman–Crippen LogP) is 4.14. The Hall–Kier alpha value is -1.58. The van der Waals surface area contributed by atoms with Crippen molar-refractivity contribution in [3.05, 3.63) is 58.0 Å². The summed E-state index contributed by atoms with van der Waals surface area (Å²) < 4.78 is 5.71. The molecule has 92 valence electrons. The predicted molar refractivity (Wildman–Crippen MR) is 74.0 cm³/mol. The van der Waals surface area contributed by atoms with Gasteiger partial charge in [0.25, 0.3) is 0 Å². The number of hydrogen-bond donors (Lipinski definition) is 1. The Bertz CT molecular complexity index is 633. The van der Waals surface area contributed by atoms with E-state index in [1.165, 1.54) is 5.56 Å². The molecule has 0 saturated heterocycles. The van der Waals surface area contributed by atoms with Crippen molar-refractivity contribution in [3.63, 3.8) is 0 Å². The van der Waals surface area contributed by atoms with Crippen LogP contribution < -0.4 is 0 Å². The van der Waals surface area contributed by atoms with E-state index in [0.29, 0.717) is 5.76 Å². The van der Waals surface area contributed by atoms with Crippen LogP contribution in [-0.4, -0.2) is 5.11 Å². The van der Waals surface area contributed by atoms with E-state index in [2.05, 4.69) is 13.0 Å². The maximum Gasteiger partial charge on any atom is 0.146 e. The number of hydrogen-bond acceptors (Lipinski definition) is 3. The maximum absolute atomic E-state index is 10.4. The van der Waals surface area contributed by atoms with Gasteiger partial charge in [0.15, 0.2) is 0 Å². The highest BCUT2D eigenvalue weighted by Gasteiger charge is 2.19. The smallest absolute Gasteiger partial charge is 0.146 e. The summed E-state index contributed by atoms with van der Waals surface area (Å²) in [7, 11) is 0. The number of furan rings is 1. The first-order valence-electron chi connectivity index (χ1n) is 6.02. The summed E-state index contributed by atoms with van der Waals surface area (Å²) in [5, 5.41) is 13.5. The van der Waals surface area contributed by atoms with Crippen LogP contribution in [0.2, 0.25) is 0 Å². The molecule has 0 aliphatic heterocycles. The van der Waals surface area contributed by atoms with Gasteiger partial charge in [-0.15, -0.1) is 11.3 Å². The summed E-state index contributed by atoms with van der Waals surface area (Å²) in [4.78, 5) is 0.983. The van der Waals surface area contributed by atoms with Crippen molar-refractivity contribution in [2.45, 2.75) is 19.4 Å². The van der Waals surface area contributed by atoms with Crippen LogP contribution in [-0.2, 0) is 6.42 Å². The Kier molecular flexibility index (Phi) is 2.94. The third kappa shape index (κ3) is 1.85. The number of para-hydroxylation sites is 1. The fourth-order valence-electron chi connectivity index (χ4n) is 2.15. The van der Waals surface area contributed by atoms with Gasteiger partial charge in [-0.1, -0.05) is 25.1 Å². The van der Waals surface area contributed by atoms with Crippen LogP contribution in [0.25, 0.3) is 11.0 Å². The van der Waals surface area contributed by atoms with Crippen molar-refractivity contribution in [1.82, 2.24) is 0 Å². The molecular weight excluding hydrogens is 244 g/mol. The molecule has 1 unspecified atom stereocenters. The molecule has 0 spiro atoms. The molecule has 0 saturated carbocycles. The average molecular weight is 258 g/mol. The van der Waals surface area contributed by atoms with Crippen molar-refractivity contribution >= 4 is 22.3 Å². The van der Waals surface area contributed by atoms with Crippen LogP contribution in [0, 0.1) is 0 Å². The summed E-state index contributed by atoms with van der Waals surface area (Å²) in [5.41, 5.74) is 2.01. The zero-order valence-corrected chi connectivity index (χ0v) is 10.9. The second-order valence-electron chi connectivity index (χ2n) is 4.25. The van der Waals surface area contributed by atoms with E-state index < -0.39 is 6.10 Å². The molecule has 2 heterocycles. The van der Waals surface area contributed by atoms with E-state index in [1.54, 1.807) is 11.3 Å². The fraction of sp³-hybridized carbons (Fsp3) is 0.200. The summed E-state index contributed by atoms with van der Waals surface area (Å²) >= 11 is 1.58. The van der Waals surface area contributed by atoms with Crippen molar-refractivity contribution in [2.75, 3.05) is 0 Å². The van der Waals surface area contributed by atoms with E-state index in [9.17, 15) is 5.11 Å². The van der Waals surface area contributed by atoms with Gasteiger partial charge in [-0.3, -0.25) is 0 Å². The van der Waals surface area contributed by atoms with E-state index >= 15 is 0 Å². The van der Waals surface area contributed by atoms with Gasteiger partial charge in [0.1, 0.15) is 17.4 Å².